The summed E-state index contributed by atoms with van der Waals surface area (Å²) >= 11 is 0. The fourth-order valence-corrected chi connectivity index (χ4v) is 2.55. The van der Waals surface area contributed by atoms with Gasteiger partial charge >= 0.3 is 12.2 Å². The van der Waals surface area contributed by atoms with Crippen LogP contribution in [0.15, 0.2) is 0 Å². The predicted molar refractivity (Wildman–Crippen MR) is 66.2 cm³/mol. The molecule has 0 spiro atoms. The van der Waals surface area contributed by atoms with E-state index in [0.717, 1.165) is 12.8 Å². The van der Waals surface area contributed by atoms with E-state index in [1.165, 1.54) is 4.90 Å². The van der Waals surface area contributed by atoms with Gasteiger partial charge in [0, 0.05) is 31.7 Å². The van der Waals surface area contributed by atoms with Gasteiger partial charge in [-0.3, -0.25) is 4.90 Å². The van der Waals surface area contributed by atoms with E-state index >= 15 is 0 Å². The molecule has 2 amide bonds. The van der Waals surface area contributed by atoms with Crippen molar-refractivity contribution in [3.05, 3.63) is 0 Å². The van der Waals surface area contributed by atoms with Gasteiger partial charge in [-0.25, -0.2) is 4.79 Å². The molecule has 2 N–H and O–H groups in total. The summed E-state index contributed by atoms with van der Waals surface area (Å²) in [5.74, 6) is 0. The Kier molecular flexibility index (Phi) is 4.74. The molecule has 0 bridgehead atoms. The second-order valence-corrected chi connectivity index (χ2v) is 5.43. The molecule has 0 aromatic heterocycles. The van der Waals surface area contributed by atoms with Crippen LogP contribution in [0, 0.1) is 0 Å². The quantitative estimate of drug-likeness (QED) is 0.788. The summed E-state index contributed by atoms with van der Waals surface area (Å²) in [4.78, 5) is 14.9. The third kappa shape index (κ3) is 4.52. The van der Waals surface area contributed by atoms with E-state index in [1.807, 2.05) is 0 Å². The fourth-order valence-electron chi connectivity index (χ4n) is 2.55. The third-order valence-corrected chi connectivity index (χ3v) is 3.59. The maximum absolute atomic E-state index is 12.3. The van der Waals surface area contributed by atoms with Crippen molar-refractivity contribution in [2.24, 2.45) is 0 Å². The smallest absolute Gasteiger partial charge is 0.395 e. The molecule has 1 atom stereocenters. The minimum absolute atomic E-state index is 0.102. The molecule has 0 aromatic rings. The topological polar surface area (TPSA) is 55.8 Å². The monoisotopic (exact) mass is 295 g/mol. The van der Waals surface area contributed by atoms with Crippen molar-refractivity contribution in [2.75, 3.05) is 32.8 Å². The van der Waals surface area contributed by atoms with Gasteiger partial charge in [-0.05, 0) is 19.3 Å². The minimum atomic E-state index is -4.20. The number of hydrogen-bond acceptors (Lipinski definition) is 3. The number of nitrogens with one attached hydrogen (secondary N) is 1. The largest absolute Gasteiger partial charge is 0.401 e. The second kappa shape index (κ2) is 6.17. The molecule has 1 unspecified atom stereocenters. The van der Waals surface area contributed by atoms with Gasteiger partial charge in [0.05, 0.1) is 13.2 Å². The summed E-state index contributed by atoms with van der Waals surface area (Å²) in [6, 6.07) is -0.347. The molecule has 1 heterocycles. The fraction of sp³-hybridized carbons (Fsp3) is 0.917. The van der Waals surface area contributed by atoms with Crippen molar-refractivity contribution in [1.29, 1.82) is 0 Å². The van der Waals surface area contributed by atoms with Crippen molar-refractivity contribution in [2.45, 2.75) is 37.5 Å². The van der Waals surface area contributed by atoms with Crippen LogP contribution >= 0.6 is 0 Å². The van der Waals surface area contributed by atoms with Crippen LogP contribution in [-0.2, 0) is 0 Å². The Labute approximate surface area is 115 Å². The van der Waals surface area contributed by atoms with Gasteiger partial charge in [0.15, 0.2) is 0 Å². The molecule has 2 aliphatic rings. The first-order valence-electron chi connectivity index (χ1n) is 6.86. The summed E-state index contributed by atoms with van der Waals surface area (Å²) in [5.41, 5.74) is 0. The molecule has 5 nitrogen and oxygen atoms in total. The number of aliphatic hydroxyl groups is 1. The van der Waals surface area contributed by atoms with E-state index in [2.05, 4.69) is 5.32 Å². The molecular formula is C12H20F3N3O2. The highest BCUT2D eigenvalue weighted by Gasteiger charge is 2.36. The zero-order chi connectivity index (χ0) is 14.8. The highest BCUT2D eigenvalue weighted by molar-refractivity contribution is 5.75. The Balaban J connectivity index is 1.77. The summed E-state index contributed by atoms with van der Waals surface area (Å²) < 4.78 is 36.8. The summed E-state index contributed by atoms with van der Waals surface area (Å²) in [6.45, 7) is -0.191. The molecular weight excluding hydrogens is 275 g/mol. The van der Waals surface area contributed by atoms with E-state index < -0.39 is 12.7 Å². The van der Waals surface area contributed by atoms with Gasteiger partial charge < -0.3 is 15.3 Å². The van der Waals surface area contributed by atoms with Gasteiger partial charge in [0.1, 0.15) is 0 Å². The zero-order valence-corrected chi connectivity index (χ0v) is 11.2. The number of carbonyl (C=O) groups is 1. The normalized spacial score (nSPS) is 23.9. The zero-order valence-electron chi connectivity index (χ0n) is 11.2. The van der Waals surface area contributed by atoms with Crippen LogP contribution in [0.25, 0.3) is 0 Å². The Morgan fingerprint density at radius 2 is 2.05 bits per heavy atom. The standard InChI is InChI=1S/C12H20F3N3O2/c13-12(14,15)8-17-4-3-9(7-17)16-11(20)18(5-6-19)10-1-2-10/h9-10,19H,1-8H2,(H,16,20). The first-order valence-corrected chi connectivity index (χ1v) is 6.86. The van der Waals surface area contributed by atoms with E-state index in [9.17, 15) is 18.0 Å². The molecule has 1 saturated carbocycles. The van der Waals surface area contributed by atoms with Crippen molar-refractivity contribution in [1.82, 2.24) is 15.1 Å². The minimum Gasteiger partial charge on any atom is -0.395 e. The van der Waals surface area contributed by atoms with Crippen molar-refractivity contribution >= 4 is 6.03 Å². The molecule has 8 heteroatoms. The number of amides is 2. The van der Waals surface area contributed by atoms with Gasteiger partial charge in [0.25, 0.3) is 0 Å². The van der Waals surface area contributed by atoms with Crippen molar-refractivity contribution < 1.29 is 23.1 Å². The van der Waals surface area contributed by atoms with Crippen LogP contribution in [-0.4, -0.2) is 72.0 Å². The Morgan fingerprint density at radius 3 is 2.60 bits per heavy atom. The average Bonchev–Trinajstić information content (AvgIpc) is 3.07. The van der Waals surface area contributed by atoms with Crippen LogP contribution in [0.5, 0.6) is 0 Å². The average molecular weight is 295 g/mol. The van der Waals surface area contributed by atoms with E-state index in [4.69, 9.17) is 5.11 Å². The molecule has 0 aromatic carbocycles. The summed E-state index contributed by atoms with van der Waals surface area (Å²) in [7, 11) is 0. The SMILES string of the molecule is O=C(NC1CCN(CC(F)(F)F)C1)N(CCO)C1CC1. The number of carbonyl (C=O) groups excluding carboxylic acids is 1. The van der Waals surface area contributed by atoms with Gasteiger partial charge in [-0.2, -0.15) is 13.2 Å². The summed E-state index contributed by atoms with van der Waals surface area (Å²) in [6.07, 6.45) is -1.81. The van der Waals surface area contributed by atoms with Crippen molar-refractivity contribution in [3.63, 3.8) is 0 Å². The third-order valence-electron chi connectivity index (χ3n) is 3.59. The Morgan fingerprint density at radius 1 is 1.35 bits per heavy atom. The van der Waals surface area contributed by atoms with Crippen LogP contribution in [0.4, 0.5) is 18.0 Å². The van der Waals surface area contributed by atoms with Crippen LogP contribution in [0.2, 0.25) is 0 Å². The summed E-state index contributed by atoms with van der Waals surface area (Å²) in [5, 5.41) is 11.7. The number of aliphatic hydroxyl groups excluding tert-OH is 1. The highest BCUT2D eigenvalue weighted by atomic mass is 19.4. The lowest BCUT2D eigenvalue weighted by Gasteiger charge is -2.24. The number of halogens is 3. The molecule has 20 heavy (non-hydrogen) atoms. The molecule has 116 valence electrons. The van der Waals surface area contributed by atoms with Crippen LogP contribution in [0.1, 0.15) is 19.3 Å². The lowest BCUT2D eigenvalue weighted by Crippen LogP contribution is -2.48. The number of alkyl halides is 3. The van der Waals surface area contributed by atoms with Crippen LogP contribution in [0.3, 0.4) is 0 Å². The van der Waals surface area contributed by atoms with E-state index in [0.29, 0.717) is 13.0 Å². The number of rotatable bonds is 5. The number of urea groups is 1. The van der Waals surface area contributed by atoms with E-state index in [-0.39, 0.29) is 37.8 Å². The maximum atomic E-state index is 12.3. The predicted octanol–water partition coefficient (Wildman–Crippen LogP) is 0.789. The number of hydrogen-bond donors (Lipinski definition) is 2. The molecule has 0 radical (unpaired) electrons. The molecule has 1 saturated heterocycles. The van der Waals surface area contributed by atoms with Gasteiger partial charge in [-0.1, -0.05) is 0 Å². The van der Waals surface area contributed by atoms with Crippen LogP contribution < -0.4 is 5.32 Å². The molecule has 1 aliphatic heterocycles. The highest BCUT2D eigenvalue weighted by Crippen LogP contribution is 2.27. The van der Waals surface area contributed by atoms with Crippen molar-refractivity contribution in [3.8, 4) is 0 Å². The molecule has 2 fully saturated rings. The number of nitrogens with zero attached hydrogens (tertiary/aromatic N) is 2. The second-order valence-electron chi connectivity index (χ2n) is 5.43. The molecule has 1 aliphatic carbocycles. The number of likely N-dealkylation sites (tertiary alicyclic amines) is 1. The Hall–Kier alpha value is -1.02. The lowest BCUT2D eigenvalue weighted by atomic mass is 10.3. The molecule has 2 rings (SSSR count). The maximum Gasteiger partial charge on any atom is 0.401 e. The van der Waals surface area contributed by atoms with E-state index in [1.54, 1.807) is 4.90 Å². The first-order chi connectivity index (χ1) is 9.39. The van der Waals surface area contributed by atoms with Gasteiger partial charge in [0.2, 0.25) is 0 Å². The lowest BCUT2D eigenvalue weighted by molar-refractivity contribution is -0.143. The van der Waals surface area contributed by atoms with Gasteiger partial charge in [-0.15, -0.1) is 0 Å². The Bertz CT molecular complexity index is 347. The first kappa shape index (κ1) is 15.4.